The molecule has 5 nitrogen and oxygen atoms in total. The van der Waals surface area contributed by atoms with Crippen LogP contribution in [0.25, 0.3) is 0 Å². The molecule has 0 spiro atoms. The average Bonchev–Trinajstić information content (AvgIpc) is 2.37. The highest BCUT2D eigenvalue weighted by Gasteiger charge is 2.13. The molecule has 1 aromatic rings. The lowest BCUT2D eigenvalue weighted by molar-refractivity contribution is -0.121. The number of anilines is 2. The Hall–Kier alpha value is -1.91. The zero-order valence-corrected chi connectivity index (χ0v) is 12.0. The first-order valence-electron chi connectivity index (χ1n) is 6.41. The summed E-state index contributed by atoms with van der Waals surface area (Å²) in [7, 11) is 1.56. The molecule has 1 amide bonds. The maximum Gasteiger partial charge on any atom is 0.242 e. The van der Waals surface area contributed by atoms with E-state index in [4.69, 9.17) is 10.5 Å². The molecule has 106 valence electrons. The van der Waals surface area contributed by atoms with E-state index in [2.05, 4.69) is 24.5 Å². The van der Waals surface area contributed by atoms with Crippen molar-refractivity contribution in [2.24, 2.45) is 5.92 Å². The Morgan fingerprint density at radius 2 is 2.05 bits per heavy atom. The van der Waals surface area contributed by atoms with Gasteiger partial charge in [0.15, 0.2) is 0 Å². The molecule has 5 heteroatoms. The van der Waals surface area contributed by atoms with E-state index in [-0.39, 0.29) is 11.9 Å². The number of carbonyl (C=O) groups is 1. The van der Waals surface area contributed by atoms with Crippen LogP contribution in [0.5, 0.6) is 5.75 Å². The zero-order chi connectivity index (χ0) is 14.4. The van der Waals surface area contributed by atoms with E-state index in [0.717, 1.165) is 5.69 Å². The second kappa shape index (κ2) is 6.87. The van der Waals surface area contributed by atoms with E-state index in [9.17, 15) is 4.79 Å². The van der Waals surface area contributed by atoms with E-state index >= 15 is 0 Å². The fourth-order valence-electron chi connectivity index (χ4n) is 1.57. The van der Waals surface area contributed by atoms with Crippen LogP contribution in [0.1, 0.15) is 20.8 Å². The molecule has 0 aliphatic rings. The number of benzene rings is 1. The first-order valence-corrected chi connectivity index (χ1v) is 6.41. The second-order valence-corrected chi connectivity index (χ2v) is 4.96. The van der Waals surface area contributed by atoms with Crippen molar-refractivity contribution in [3.8, 4) is 5.75 Å². The Kier molecular flexibility index (Phi) is 5.48. The summed E-state index contributed by atoms with van der Waals surface area (Å²) in [6.07, 6.45) is 0. The minimum absolute atomic E-state index is 0.0236. The summed E-state index contributed by atoms with van der Waals surface area (Å²) < 4.78 is 5.14. The molecule has 1 rings (SSSR count). The molecular weight excluding hydrogens is 242 g/mol. The summed E-state index contributed by atoms with van der Waals surface area (Å²) >= 11 is 0. The van der Waals surface area contributed by atoms with Crippen LogP contribution in [-0.4, -0.2) is 25.6 Å². The number of carbonyl (C=O) groups excluding carboxylic acids is 1. The predicted octanol–water partition coefficient (Wildman–Crippen LogP) is 1.85. The summed E-state index contributed by atoms with van der Waals surface area (Å²) in [4.78, 5) is 11.8. The molecule has 1 aromatic carbocycles. The maximum absolute atomic E-state index is 11.8. The fourth-order valence-corrected chi connectivity index (χ4v) is 1.57. The molecule has 4 N–H and O–H groups in total. The third kappa shape index (κ3) is 4.69. The Morgan fingerprint density at radius 1 is 1.37 bits per heavy atom. The van der Waals surface area contributed by atoms with Crippen molar-refractivity contribution in [3.63, 3.8) is 0 Å². The van der Waals surface area contributed by atoms with Gasteiger partial charge in [-0.1, -0.05) is 13.8 Å². The van der Waals surface area contributed by atoms with Gasteiger partial charge in [-0.25, -0.2) is 0 Å². The lowest BCUT2D eigenvalue weighted by atomic mass is 10.2. The van der Waals surface area contributed by atoms with Crippen LogP contribution in [0.15, 0.2) is 18.2 Å². The Bertz CT molecular complexity index is 433. The van der Waals surface area contributed by atoms with Crippen LogP contribution in [0, 0.1) is 5.92 Å². The molecule has 1 atom stereocenters. The van der Waals surface area contributed by atoms with Gasteiger partial charge in [-0.15, -0.1) is 0 Å². The monoisotopic (exact) mass is 265 g/mol. The van der Waals surface area contributed by atoms with Crippen molar-refractivity contribution in [1.29, 1.82) is 0 Å². The van der Waals surface area contributed by atoms with Crippen LogP contribution in [0.4, 0.5) is 11.4 Å². The first-order chi connectivity index (χ1) is 8.93. The summed E-state index contributed by atoms with van der Waals surface area (Å²) in [6, 6.07) is 5.04. The zero-order valence-electron chi connectivity index (χ0n) is 12.0. The summed E-state index contributed by atoms with van der Waals surface area (Å²) in [6.45, 7) is 6.61. The van der Waals surface area contributed by atoms with Crippen molar-refractivity contribution in [2.45, 2.75) is 26.8 Å². The van der Waals surface area contributed by atoms with Crippen LogP contribution in [0.3, 0.4) is 0 Å². The van der Waals surface area contributed by atoms with E-state index in [0.29, 0.717) is 23.9 Å². The largest absolute Gasteiger partial charge is 0.495 e. The number of hydrogen-bond donors (Lipinski definition) is 3. The van der Waals surface area contributed by atoms with Crippen molar-refractivity contribution < 1.29 is 9.53 Å². The minimum Gasteiger partial charge on any atom is -0.495 e. The van der Waals surface area contributed by atoms with Gasteiger partial charge >= 0.3 is 0 Å². The van der Waals surface area contributed by atoms with Gasteiger partial charge in [-0.2, -0.15) is 0 Å². The van der Waals surface area contributed by atoms with Crippen LogP contribution in [-0.2, 0) is 4.79 Å². The number of hydrogen-bond acceptors (Lipinski definition) is 4. The minimum atomic E-state index is -0.313. The molecule has 1 unspecified atom stereocenters. The predicted molar refractivity (Wildman–Crippen MR) is 78.3 cm³/mol. The Balaban J connectivity index is 2.61. The van der Waals surface area contributed by atoms with Gasteiger partial charge in [0.1, 0.15) is 11.8 Å². The number of methoxy groups -OCH3 is 1. The van der Waals surface area contributed by atoms with Crippen LogP contribution >= 0.6 is 0 Å². The molecule has 0 saturated heterocycles. The number of nitrogen functional groups attached to an aromatic ring is 1. The molecule has 0 fully saturated rings. The molecule has 0 aliphatic carbocycles. The lowest BCUT2D eigenvalue weighted by Gasteiger charge is -2.17. The molecule has 0 bridgehead atoms. The highest BCUT2D eigenvalue weighted by atomic mass is 16.5. The first kappa shape index (κ1) is 15.1. The summed E-state index contributed by atoms with van der Waals surface area (Å²) in [5, 5.41) is 6.00. The van der Waals surface area contributed by atoms with Gasteiger partial charge in [0.25, 0.3) is 0 Å². The van der Waals surface area contributed by atoms with E-state index in [1.807, 2.05) is 13.0 Å². The number of ether oxygens (including phenoxy) is 1. The summed E-state index contributed by atoms with van der Waals surface area (Å²) in [5.74, 6) is 1.01. The second-order valence-electron chi connectivity index (χ2n) is 4.96. The lowest BCUT2D eigenvalue weighted by Crippen LogP contribution is -2.39. The maximum atomic E-state index is 11.8. The molecule has 0 radical (unpaired) electrons. The van der Waals surface area contributed by atoms with E-state index in [1.165, 1.54) is 0 Å². The number of nitrogens with two attached hydrogens (primary N) is 1. The topological polar surface area (TPSA) is 76.4 Å². The number of nitrogens with one attached hydrogen (secondary N) is 2. The fraction of sp³-hybridized carbons (Fsp3) is 0.500. The molecular formula is C14H23N3O2. The Morgan fingerprint density at radius 3 is 2.63 bits per heavy atom. The summed E-state index contributed by atoms with van der Waals surface area (Å²) in [5.41, 5.74) is 7.12. The molecule has 0 saturated carbocycles. The van der Waals surface area contributed by atoms with Gasteiger partial charge in [-0.05, 0) is 25.0 Å². The SMILES string of the molecule is COc1cc(NC(C)C(=O)NCC(C)C)ccc1N. The van der Waals surface area contributed by atoms with Crippen molar-refractivity contribution in [2.75, 3.05) is 24.7 Å². The van der Waals surface area contributed by atoms with Gasteiger partial charge in [0.2, 0.25) is 5.91 Å². The number of amides is 1. The normalized spacial score (nSPS) is 12.1. The highest BCUT2D eigenvalue weighted by molar-refractivity contribution is 5.84. The van der Waals surface area contributed by atoms with Gasteiger partial charge in [0, 0.05) is 18.3 Å². The highest BCUT2D eigenvalue weighted by Crippen LogP contribution is 2.25. The standard InChI is InChI=1S/C14H23N3O2/c1-9(2)8-16-14(18)10(3)17-11-5-6-12(15)13(7-11)19-4/h5-7,9-10,17H,8,15H2,1-4H3,(H,16,18). The molecule has 0 aromatic heterocycles. The van der Waals surface area contributed by atoms with Gasteiger partial charge in [0.05, 0.1) is 12.8 Å². The van der Waals surface area contributed by atoms with Gasteiger partial charge < -0.3 is 21.1 Å². The van der Waals surface area contributed by atoms with Crippen molar-refractivity contribution in [1.82, 2.24) is 5.32 Å². The van der Waals surface area contributed by atoms with Gasteiger partial charge in [-0.3, -0.25) is 4.79 Å². The van der Waals surface area contributed by atoms with Crippen LogP contribution in [0.2, 0.25) is 0 Å². The number of rotatable bonds is 6. The average molecular weight is 265 g/mol. The molecule has 0 aliphatic heterocycles. The van der Waals surface area contributed by atoms with Crippen molar-refractivity contribution in [3.05, 3.63) is 18.2 Å². The third-order valence-corrected chi connectivity index (χ3v) is 2.69. The van der Waals surface area contributed by atoms with E-state index < -0.39 is 0 Å². The third-order valence-electron chi connectivity index (χ3n) is 2.69. The van der Waals surface area contributed by atoms with Crippen LogP contribution < -0.4 is 21.1 Å². The Labute approximate surface area is 114 Å². The molecule has 19 heavy (non-hydrogen) atoms. The van der Waals surface area contributed by atoms with E-state index in [1.54, 1.807) is 19.2 Å². The quantitative estimate of drug-likeness (QED) is 0.686. The molecule has 0 heterocycles. The smallest absolute Gasteiger partial charge is 0.242 e. The van der Waals surface area contributed by atoms with Crippen molar-refractivity contribution >= 4 is 17.3 Å².